The molecule has 1 heterocycles. The minimum Gasteiger partial charge on any atom is -0.479 e. The van der Waals surface area contributed by atoms with Crippen LogP contribution in [0.25, 0.3) is 6.08 Å². The van der Waals surface area contributed by atoms with E-state index in [2.05, 4.69) is 15.9 Å². The average molecular weight is 348 g/mol. The molecule has 0 saturated heterocycles. The second-order valence-corrected chi connectivity index (χ2v) is 6.31. The standard InChI is InChI=1S/C15H10BrNO2S/c16-15-8-6-13(20-15)5-7-14(18)11-1-3-12(4-2-11)19-10-9-17/h1-8H,10H2/b7-5+. The van der Waals surface area contributed by atoms with Crippen molar-refractivity contribution in [3.05, 3.63) is 56.7 Å². The van der Waals surface area contributed by atoms with Gasteiger partial charge in [-0.1, -0.05) is 0 Å². The highest BCUT2D eigenvalue weighted by atomic mass is 79.9. The largest absolute Gasteiger partial charge is 0.479 e. The van der Waals surface area contributed by atoms with Crippen molar-refractivity contribution in [3.63, 3.8) is 0 Å². The molecular formula is C15H10BrNO2S. The monoisotopic (exact) mass is 347 g/mol. The highest BCUT2D eigenvalue weighted by molar-refractivity contribution is 9.11. The van der Waals surface area contributed by atoms with Gasteiger partial charge >= 0.3 is 0 Å². The smallest absolute Gasteiger partial charge is 0.185 e. The number of benzene rings is 1. The maximum absolute atomic E-state index is 12.0. The third kappa shape index (κ3) is 4.05. The van der Waals surface area contributed by atoms with Gasteiger partial charge in [-0.25, -0.2) is 0 Å². The first kappa shape index (κ1) is 14.5. The van der Waals surface area contributed by atoms with E-state index in [0.29, 0.717) is 11.3 Å². The number of nitrogens with zero attached hydrogens (tertiary/aromatic N) is 1. The maximum Gasteiger partial charge on any atom is 0.185 e. The number of carbonyl (C=O) groups is 1. The molecule has 2 rings (SSSR count). The SMILES string of the molecule is N#CCOc1ccc(C(=O)/C=C/c2ccc(Br)s2)cc1. The van der Waals surface area contributed by atoms with Gasteiger partial charge in [0.2, 0.25) is 0 Å². The summed E-state index contributed by atoms with van der Waals surface area (Å²) in [4.78, 5) is 13.0. The molecule has 2 aromatic rings. The lowest BCUT2D eigenvalue weighted by molar-refractivity contribution is 0.104. The number of ketones is 1. The summed E-state index contributed by atoms with van der Waals surface area (Å²) in [5.41, 5.74) is 0.584. The van der Waals surface area contributed by atoms with Crippen molar-refractivity contribution in [1.29, 1.82) is 5.26 Å². The second-order valence-electron chi connectivity index (χ2n) is 3.81. The molecule has 100 valence electrons. The van der Waals surface area contributed by atoms with E-state index in [1.807, 2.05) is 18.2 Å². The summed E-state index contributed by atoms with van der Waals surface area (Å²) in [6.45, 7) is 0.000448. The Bertz CT molecular complexity index is 668. The van der Waals surface area contributed by atoms with Gasteiger partial charge in [-0.3, -0.25) is 4.79 Å². The van der Waals surface area contributed by atoms with Gasteiger partial charge in [-0.2, -0.15) is 5.26 Å². The van der Waals surface area contributed by atoms with Crippen LogP contribution < -0.4 is 4.74 Å². The highest BCUT2D eigenvalue weighted by Crippen LogP contribution is 2.23. The molecule has 20 heavy (non-hydrogen) atoms. The minimum absolute atomic E-state index is 0.000448. The molecule has 1 aromatic carbocycles. The normalized spacial score (nSPS) is 10.4. The van der Waals surface area contributed by atoms with Crippen LogP contribution in [0.3, 0.4) is 0 Å². The van der Waals surface area contributed by atoms with Crippen molar-refractivity contribution in [2.75, 3.05) is 6.61 Å². The third-order valence-corrected chi connectivity index (χ3v) is 4.02. The topological polar surface area (TPSA) is 50.1 Å². The number of carbonyl (C=O) groups excluding carboxylic acids is 1. The summed E-state index contributed by atoms with van der Waals surface area (Å²) in [6, 6.07) is 12.5. The fourth-order valence-corrected chi connectivity index (χ4v) is 2.83. The highest BCUT2D eigenvalue weighted by Gasteiger charge is 2.02. The van der Waals surface area contributed by atoms with E-state index in [1.165, 1.54) is 0 Å². The summed E-state index contributed by atoms with van der Waals surface area (Å²) in [5.74, 6) is 0.510. The van der Waals surface area contributed by atoms with Gasteiger partial charge in [0, 0.05) is 10.4 Å². The Balaban J connectivity index is 2.02. The van der Waals surface area contributed by atoms with E-state index in [4.69, 9.17) is 10.00 Å². The van der Waals surface area contributed by atoms with Gasteiger partial charge in [0.15, 0.2) is 12.4 Å². The molecule has 0 amide bonds. The summed E-state index contributed by atoms with van der Waals surface area (Å²) in [5, 5.41) is 8.41. The Morgan fingerprint density at radius 2 is 2.05 bits per heavy atom. The third-order valence-electron chi connectivity index (χ3n) is 2.44. The second kappa shape index (κ2) is 7.04. The molecule has 1 aromatic heterocycles. The molecule has 0 saturated carbocycles. The van der Waals surface area contributed by atoms with Gasteiger partial charge in [-0.05, 0) is 64.5 Å². The lowest BCUT2D eigenvalue weighted by Crippen LogP contribution is -1.96. The number of thiophene rings is 1. The first-order chi connectivity index (χ1) is 9.69. The van der Waals surface area contributed by atoms with Crippen LogP contribution >= 0.6 is 27.3 Å². The summed E-state index contributed by atoms with van der Waals surface area (Å²) >= 11 is 4.94. The van der Waals surface area contributed by atoms with Crippen molar-refractivity contribution in [2.45, 2.75) is 0 Å². The first-order valence-electron chi connectivity index (χ1n) is 5.76. The predicted molar refractivity (Wildman–Crippen MR) is 82.9 cm³/mol. The number of hydrogen-bond donors (Lipinski definition) is 0. The lowest BCUT2D eigenvalue weighted by atomic mass is 10.1. The molecule has 0 aliphatic rings. The van der Waals surface area contributed by atoms with Crippen LogP contribution in [0.2, 0.25) is 0 Å². The van der Waals surface area contributed by atoms with E-state index in [-0.39, 0.29) is 12.4 Å². The summed E-state index contributed by atoms with van der Waals surface area (Å²) < 4.78 is 6.16. The molecule has 3 nitrogen and oxygen atoms in total. The molecule has 0 atom stereocenters. The van der Waals surface area contributed by atoms with Gasteiger partial charge in [0.05, 0.1) is 3.79 Å². The quantitative estimate of drug-likeness (QED) is 0.598. The van der Waals surface area contributed by atoms with Gasteiger partial charge in [0.25, 0.3) is 0 Å². The summed E-state index contributed by atoms with van der Waals surface area (Å²) in [6.07, 6.45) is 3.33. The minimum atomic E-state index is -0.0682. The molecule has 0 bridgehead atoms. The molecule has 5 heteroatoms. The number of ether oxygens (including phenoxy) is 1. The van der Waals surface area contributed by atoms with E-state index in [9.17, 15) is 4.79 Å². The van der Waals surface area contributed by atoms with Crippen LogP contribution in [0.1, 0.15) is 15.2 Å². The molecule has 0 aliphatic carbocycles. The van der Waals surface area contributed by atoms with Crippen LogP contribution in [0, 0.1) is 11.3 Å². The van der Waals surface area contributed by atoms with E-state index >= 15 is 0 Å². The lowest BCUT2D eigenvalue weighted by Gasteiger charge is -2.01. The molecule has 0 aliphatic heterocycles. The fraction of sp³-hybridized carbons (Fsp3) is 0.0667. The Labute approximate surface area is 129 Å². The van der Waals surface area contributed by atoms with Crippen molar-refractivity contribution < 1.29 is 9.53 Å². The van der Waals surface area contributed by atoms with E-state index < -0.39 is 0 Å². The molecule has 0 spiro atoms. The van der Waals surface area contributed by atoms with E-state index in [0.717, 1.165) is 8.66 Å². The van der Waals surface area contributed by atoms with Gasteiger partial charge in [-0.15, -0.1) is 11.3 Å². The Morgan fingerprint density at radius 1 is 1.30 bits per heavy atom. The average Bonchev–Trinajstić information content (AvgIpc) is 2.89. The maximum atomic E-state index is 12.0. The number of allylic oxidation sites excluding steroid dienone is 1. The Kier molecular flexibility index (Phi) is 5.10. The number of halogens is 1. The molecule has 0 N–H and O–H groups in total. The fourth-order valence-electron chi connectivity index (χ4n) is 1.50. The van der Waals surface area contributed by atoms with Gasteiger partial charge in [0.1, 0.15) is 11.8 Å². The van der Waals surface area contributed by atoms with Crippen LogP contribution in [-0.2, 0) is 0 Å². The zero-order valence-corrected chi connectivity index (χ0v) is 12.8. The van der Waals surface area contributed by atoms with Crippen LogP contribution in [0.5, 0.6) is 5.75 Å². The predicted octanol–water partition coefficient (Wildman–Crippen LogP) is 4.31. The zero-order chi connectivity index (χ0) is 14.4. The molecule has 0 fully saturated rings. The van der Waals surface area contributed by atoms with Crippen LogP contribution in [-0.4, -0.2) is 12.4 Å². The van der Waals surface area contributed by atoms with Crippen molar-refractivity contribution in [3.8, 4) is 11.8 Å². The van der Waals surface area contributed by atoms with Gasteiger partial charge < -0.3 is 4.74 Å². The zero-order valence-electron chi connectivity index (χ0n) is 10.4. The first-order valence-corrected chi connectivity index (χ1v) is 7.37. The Hall–Kier alpha value is -1.90. The summed E-state index contributed by atoms with van der Waals surface area (Å²) in [7, 11) is 0. The molecule has 0 unspecified atom stereocenters. The van der Waals surface area contributed by atoms with Crippen molar-refractivity contribution in [1.82, 2.24) is 0 Å². The number of rotatable bonds is 5. The number of nitriles is 1. The number of hydrogen-bond acceptors (Lipinski definition) is 4. The molecular weight excluding hydrogens is 338 g/mol. The van der Waals surface area contributed by atoms with Crippen molar-refractivity contribution in [2.24, 2.45) is 0 Å². The van der Waals surface area contributed by atoms with E-state index in [1.54, 1.807) is 47.8 Å². The van der Waals surface area contributed by atoms with Crippen molar-refractivity contribution >= 4 is 39.1 Å². The van der Waals surface area contributed by atoms with Crippen LogP contribution in [0.15, 0.2) is 46.3 Å². The Morgan fingerprint density at radius 3 is 2.65 bits per heavy atom. The molecule has 0 radical (unpaired) electrons. The van der Waals surface area contributed by atoms with Crippen LogP contribution in [0.4, 0.5) is 0 Å².